The Bertz CT molecular complexity index is 835. The lowest BCUT2D eigenvalue weighted by atomic mass is 10.1. The van der Waals surface area contributed by atoms with Crippen LogP contribution in [0.5, 0.6) is 5.75 Å². The molecule has 0 N–H and O–H groups in total. The van der Waals surface area contributed by atoms with E-state index in [-0.39, 0.29) is 18.1 Å². The van der Waals surface area contributed by atoms with Crippen molar-refractivity contribution in [1.29, 1.82) is 0 Å². The van der Waals surface area contributed by atoms with Gasteiger partial charge < -0.3 is 14.4 Å². The van der Waals surface area contributed by atoms with E-state index in [0.29, 0.717) is 6.54 Å². The molecule has 1 aromatic heterocycles. The van der Waals surface area contributed by atoms with Crippen LogP contribution in [-0.2, 0) is 11.3 Å². The van der Waals surface area contributed by atoms with Crippen LogP contribution in [-0.4, -0.2) is 65.7 Å². The van der Waals surface area contributed by atoms with Crippen molar-refractivity contribution in [1.82, 2.24) is 14.8 Å². The van der Waals surface area contributed by atoms with E-state index in [1.54, 1.807) is 0 Å². The number of carbonyl (C=O) groups is 1. The molecule has 1 amide bonds. The molecule has 2 fully saturated rings. The molecular weight excluding hydrogens is 402 g/mol. The zero-order valence-corrected chi connectivity index (χ0v) is 19.1. The molecule has 6 heteroatoms. The minimum Gasteiger partial charge on any atom is -0.490 e. The van der Waals surface area contributed by atoms with Crippen molar-refractivity contribution in [2.24, 2.45) is 0 Å². The van der Waals surface area contributed by atoms with Crippen LogP contribution in [0, 0.1) is 0 Å². The summed E-state index contributed by atoms with van der Waals surface area (Å²) in [6.45, 7) is 7.28. The Morgan fingerprint density at radius 3 is 2.56 bits per heavy atom. The van der Waals surface area contributed by atoms with E-state index in [2.05, 4.69) is 22.9 Å². The first-order valence-corrected chi connectivity index (χ1v) is 12.0. The first kappa shape index (κ1) is 22.7. The van der Waals surface area contributed by atoms with Gasteiger partial charge in [-0.25, -0.2) is 0 Å². The fourth-order valence-corrected chi connectivity index (χ4v) is 4.50. The van der Waals surface area contributed by atoms with Crippen LogP contribution in [0.1, 0.15) is 55.1 Å². The van der Waals surface area contributed by atoms with Crippen molar-refractivity contribution < 1.29 is 14.3 Å². The van der Waals surface area contributed by atoms with Crippen LogP contribution >= 0.6 is 0 Å². The molecule has 1 atom stereocenters. The zero-order chi connectivity index (χ0) is 22.2. The number of rotatable bonds is 8. The lowest BCUT2D eigenvalue weighted by molar-refractivity contribution is 0.00211. The largest absolute Gasteiger partial charge is 0.490 e. The monoisotopic (exact) mass is 437 g/mol. The van der Waals surface area contributed by atoms with E-state index in [0.717, 1.165) is 81.9 Å². The number of carbonyl (C=O) groups excluding carboxylic acids is 1. The Hall–Kier alpha value is -2.44. The molecule has 3 heterocycles. The van der Waals surface area contributed by atoms with Crippen molar-refractivity contribution in [3.63, 3.8) is 0 Å². The number of likely N-dealkylation sites (tertiary alicyclic amines) is 2. The molecule has 0 saturated carbocycles. The zero-order valence-electron chi connectivity index (χ0n) is 19.1. The van der Waals surface area contributed by atoms with Crippen LogP contribution in [0.3, 0.4) is 0 Å². The highest BCUT2D eigenvalue weighted by Crippen LogP contribution is 2.22. The topological polar surface area (TPSA) is 54.9 Å². The molecule has 0 bridgehead atoms. The van der Waals surface area contributed by atoms with Crippen LogP contribution < -0.4 is 4.74 Å². The summed E-state index contributed by atoms with van der Waals surface area (Å²) in [5.74, 6) is 0.928. The van der Waals surface area contributed by atoms with Gasteiger partial charge >= 0.3 is 0 Å². The van der Waals surface area contributed by atoms with Gasteiger partial charge in [0, 0.05) is 51.1 Å². The van der Waals surface area contributed by atoms with Crippen molar-refractivity contribution in [3.8, 4) is 5.75 Å². The fourth-order valence-electron chi connectivity index (χ4n) is 4.50. The molecule has 172 valence electrons. The number of piperidine rings is 2. The molecule has 0 spiro atoms. The Morgan fingerprint density at radius 1 is 1.03 bits per heavy atom. The van der Waals surface area contributed by atoms with Gasteiger partial charge in [-0.3, -0.25) is 14.7 Å². The van der Waals surface area contributed by atoms with Gasteiger partial charge in [-0.2, -0.15) is 0 Å². The average molecular weight is 438 g/mol. The second-order valence-corrected chi connectivity index (χ2v) is 8.83. The summed E-state index contributed by atoms with van der Waals surface area (Å²) >= 11 is 0. The smallest absolute Gasteiger partial charge is 0.253 e. The van der Waals surface area contributed by atoms with Crippen molar-refractivity contribution in [2.45, 2.75) is 57.8 Å². The standard InChI is InChI=1S/C26H35N3O3/c1-2-18-31-25-7-5-15-29(20-25)26(30)21-8-10-23(11-9-21)32-24-12-16-28(17-13-24)19-22-6-3-4-14-27-22/h3-4,6,8-11,14,24-25H,2,5,7,12-13,15-20H2,1H3/t25-/m0/s1. The molecule has 1 aromatic carbocycles. The van der Waals surface area contributed by atoms with E-state index in [1.807, 2.05) is 47.5 Å². The second kappa shape index (κ2) is 11.4. The predicted molar refractivity (Wildman–Crippen MR) is 125 cm³/mol. The summed E-state index contributed by atoms with van der Waals surface area (Å²) in [5, 5.41) is 0. The Balaban J connectivity index is 1.24. The normalized spacial score (nSPS) is 20.3. The Labute approximate surface area is 191 Å². The molecular formula is C26H35N3O3. The highest BCUT2D eigenvalue weighted by Gasteiger charge is 2.25. The number of benzene rings is 1. The van der Waals surface area contributed by atoms with Crippen molar-refractivity contribution in [2.75, 3.05) is 32.8 Å². The molecule has 2 aliphatic rings. The Kier molecular flexibility index (Phi) is 8.13. The number of hydrogen-bond acceptors (Lipinski definition) is 5. The van der Waals surface area contributed by atoms with Crippen LogP contribution in [0.2, 0.25) is 0 Å². The minimum absolute atomic E-state index is 0.0872. The highest BCUT2D eigenvalue weighted by molar-refractivity contribution is 5.94. The lowest BCUT2D eigenvalue weighted by Crippen LogP contribution is -2.43. The molecule has 2 aliphatic heterocycles. The van der Waals surface area contributed by atoms with E-state index < -0.39 is 0 Å². The molecule has 6 nitrogen and oxygen atoms in total. The fraction of sp³-hybridized carbons (Fsp3) is 0.538. The third-order valence-corrected chi connectivity index (χ3v) is 6.27. The average Bonchev–Trinajstić information content (AvgIpc) is 2.85. The molecule has 2 saturated heterocycles. The SMILES string of the molecule is CCCO[C@H]1CCCN(C(=O)c2ccc(OC3CCN(Cc4ccccn4)CC3)cc2)C1. The number of pyridine rings is 1. The van der Waals surface area contributed by atoms with E-state index in [1.165, 1.54) is 0 Å². The number of nitrogens with zero attached hydrogens (tertiary/aromatic N) is 3. The summed E-state index contributed by atoms with van der Waals surface area (Å²) in [4.78, 5) is 21.7. The number of aromatic nitrogens is 1. The maximum absolute atomic E-state index is 12.9. The molecule has 32 heavy (non-hydrogen) atoms. The quantitative estimate of drug-likeness (QED) is 0.621. The number of ether oxygens (including phenoxy) is 2. The number of amides is 1. The third-order valence-electron chi connectivity index (χ3n) is 6.27. The van der Waals surface area contributed by atoms with Gasteiger partial charge in [0.15, 0.2) is 0 Å². The second-order valence-electron chi connectivity index (χ2n) is 8.83. The van der Waals surface area contributed by atoms with Gasteiger partial charge in [0.1, 0.15) is 11.9 Å². The summed E-state index contributed by atoms with van der Waals surface area (Å²) in [6, 6.07) is 13.7. The number of hydrogen-bond donors (Lipinski definition) is 0. The molecule has 2 aromatic rings. The molecule has 0 radical (unpaired) electrons. The van der Waals surface area contributed by atoms with Gasteiger partial charge in [-0.05, 0) is 68.5 Å². The van der Waals surface area contributed by atoms with Crippen molar-refractivity contribution >= 4 is 5.91 Å². The van der Waals surface area contributed by atoms with E-state index >= 15 is 0 Å². The minimum atomic E-state index is 0.0872. The van der Waals surface area contributed by atoms with E-state index in [9.17, 15) is 4.79 Å². The maximum atomic E-state index is 12.9. The Morgan fingerprint density at radius 2 is 1.84 bits per heavy atom. The van der Waals surface area contributed by atoms with Crippen LogP contribution in [0.4, 0.5) is 0 Å². The van der Waals surface area contributed by atoms with Crippen molar-refractivity contribution in [3.05, 3.63) is 59.9 Å². The first-order valence-electron chi connectivity index (χ1n) is 12.0. The highest BCUT2D eigenvalue weighted by atomic mass is 16.5. The molecule has 4 rings (SSSR count). The summed E-state index contributed by atoms with van der Waals surface area (Å²) in [5.41, 5.74) is 1.84. The summed E-state index contributed by atoms with van der Waals surface area (Å²) in [7, 11) is 0. The molecule has 0 aliphatic carbocycles. The first-order chi connectivity index (χ1) is 15.7. The van der Waals surface area contributed by atoms with Gasteiger partial charge in [-0.1, -0.05) is 13.0 Å². The van der Waals surface area contributed by atoms with Crippen LogP contribution in [0.15, 0.2) is 48.7 Å². The van der Waals surface area contributed by atoms with Gasteiger partial charge in [0.2, 0.25) is 0 Å². The van der Waals surface area contributed by atoms with E-state index in [4.69, 9.17) is 9.47 Å². The van der Waals surface area contributed by atoms with Gasteiger partial charge in [-0.15, -0.1) is 0 Å². The van der Waals surface area contributed by atoms with Gasteiger partial charge in [0.25, 0.3) is 5.91 Å². The predicted octanol–water partition coefficient (Wildman–Crippen LogP) is 4.16. The van der Waals surface area contributed by atoms with Gasteiger partial charge in [0.05, 0.1) is 11.8 Å². The van der Waals surface area contributed by atoms with Crippen LogP contribution in [0.25, 0.3) is 0 Å². The maximum Gasteiger partial charge on any atom is 0.253 e. The summed E-state index contributed by atoms with van der Waals surface area (Å²) in [6.07, 6.45) is 7.28. The molecule has 0 unspecified atom stereocenters. The lowest BCUT2D eigenvalue weighted by Gasteiger charge is -2.33. The third kappa shape index (κ3) is 6.30. The summed E-state index contributed by atoms with van der Waals surface area (Å²) < 4.78 is 12.1.